The van der Waals surface area contributed by atoms with E-state index in [1.54, 1.807) is 7.05 Å². The fourth-order valence-corrected chi connectivity index (χ4v) is 6.36. The van der Waals surface area contributed by atoms with E-state index in [4.69, 9.17) is 0 Å². The van der Waals surface area contributed by atoms with E-state index in [1.165, 1.54) is 6.42 Å². The Morgan fingerprint density at radius 3 is 2.48 bits per heavy atom. The highest BCUT2D eigenvalue weighted by Gasteiger charge is 2.50. The van der Waals surface area contributed by atoms with Crippen LogP contribution in [0.5, 0.6) is 0 Å². The standard InChI is InChI=1S/C18H32N4O3S.ClH/c1-19-17(25)22-16(14-6-11-20-12-7-14)26-13-21(22)18(10-5-15(23)24)8-3-2-4-9-18;/h14,16,20H,2-13H2,1H3,(H,19,25)(H,23,24);1H. The summed E-state index contributed by atoms with van der Waals surface area (Å²) in [5.41, 5.74) is -0.197. The Balaban J connectivity index is 0.00000261. The van der Waals surface area contributed by atoms with Gasteiger partial charge in [-0.15, -0.1) is 24.2 Å². The number of urea groups is 1. The van der Waals surface area contributed by atoms with E-state index in [1.807, 2.05) is 16.8 Å². The minimum atomic E-state index is -0.747. The molecule has 7 nitrogen and oxygen atoms in total. The number of carbonyl (C=O) groups excluding carboxylic acids is 1. The maximum absolute atomic E-state index is 12.8. The van der Waals surface area contributed by atoms with Gasteiger partial charge in [-0.1, -0.05) is 19.3 Å². The Bertz CT molecular complexity index is 513. The normalized spacial score (nSPS) is 26.4. The van der Waals surface area contributed by atoms with E-state index in [0.717, 1.165) is 57.5 Å². The number of thioether (sulfide) groups is 1. The van der Waals surface area contributed by atoms with Gasteiger partial charge in [0.2, 0.25) is 0 Å². The van der Waals surface area contributed by atoms with Gasteiger partial charge in [-0.25, -0.2) is 9.80 Å². The first kappa shape index (κ1) is 22.6. The second-order valence-electron chi connectivity index (χ2n) is 7.75. The molecule has 156 valence electrons. The van der Waals surface area contributed by atoms with Crippen LogP contribution in [0, 0.1) is 5.92 Å². The van der Waals surface area contributed by atoms with E-state index in [-0.39, 0.29) is 35.8 Å². The van der Waals surface area contributed by atoms with Gasteiger partial charge in [-0.2, -0.15) is 5.01 Å². The summed E-state index contributed by atoms with van der Waals surface area (Å²) < 4.78 is 0. The van der Waals surface area contributed by atoms with Gasteiger partial charge in [-0.05, 0) is 51.1 Å². The molecule has 0 spiro atoms. The largest absolute Gasteiger partial charge is 0.481 e. The van der Waals surface area contributed by atoms with Gasteiger partial charge in [0.15, 0.2) is 0 Å². The second-order valence-corrected chi connectivity index (χ2v) is 8.83. The molecule has 3 fully saturated rings. The minimum Gasteiger partial charge on any atom is -0.481 e. The molecular formula is C18H33ClN4O3S. The predicted molar refractivity (Wildman–Crippen MR) is 110 cm³/mol. The van der Waals surface area contributed by atoms with Crippen LogP contribution in [-0.4, -0.2) is 64.1 Å². The van der Waals surface area contributed by atoms with Crippen LogP contribution < -0.4 is 10.6 Å². The van der Waals surface area contributed by atoms with Crippen LogP contribution >= 0.6 is 24.2 Å². The molecule has 0 aromatic rings. The number of halogens is 1. The molecule has 1 atom stereocenters. The highest BCUT2D eigenvalue weighted by Crippen LogP contribution is 2.46. The monoisotopic (exact) mass is 420 g/mol. The summed E-state index contributed by atoms with van der Waals surface area (Å²) in [6.45, 7) is 2.01. The molecule has 2 aliphatic heterocycles. The Kier molecular flexibility index (Phi) is 8.52. The zero-order valence-electron chi connectivity index (χ0n) is 16.1. The first-order chi connectivity index (χ1) is 12.6. The van der Waals surface area contributed by atoms with Gasteiger partial charge in [0, 0.05) is 19.0 Å². The van der Waals surface area contributed by atoms with Crippen molar-refractivity contribution in [2.24, 2.45) is 5.92 Å². The van der Waals surface area contributed by atoms with Gasteiger partial charge in [0.1, 0.15) is 0 Å². The summed E-state index contributed by atoms with van der Waals surface area (Å²) in [5, 5.41) is 19.8. The van der Waals surface area contributed by atoms with Gasteiger partial charge in [-0.3, -0.25) is 4.79 Å². The van der Waals surface area contributed by atoms with Crippen LogP contribution in [-0.2, 0) is 4.79 Å². The topological polar surface area (TPSA) is 84.9 Å². The Labute approximate surface area is 172 Å². The summed E-state index contributed by atoms with van der Waals surface area (Å²) in [7, 11) is 1.69. The zero-order valence-corrected chi connectivity index (χ0v) is 17.7. The molecule has 0 radical (unpaired) electrons. The van der Waals surface area contributed by atoms with E-state index in [9.17, 15) is 14.7 Å². The second kappa shape index (κ2) is 10.2. The smallest absolute Gasteiger partial charge is 0.332 e. The van der Waals surface area contributed by atoms with Crippen molar-refractivity contribution < 1.29 is 14.7 Å². The summed E-state index contributed by atoms with van der Waals surface area (Å²) in [5.74, 6) is 0.522. The van der Waals surface area contributed by atoms with Crippen molar-refractivity contribution in [1.82, 2.24) is 20.7 Å². The number of rotatable bonds is 5. The minimum absolute atomic E-state index is 0. The number of hydrogen-bond donors (Lipinski definition) is 3. The number of aliphatic carboxylic acids is 1. The number of nitrogens with one attached hydrogen (secondary N) is 2. The number of amides is 2. The average molecular weight is 421 g/mol. The molecule has 0 aromatic carbocycles. The van der Waals surface area contributed by atoms with Crippen molar-refractivity contribution in [1.29, 1.82) is 0 Å². The number of piperidine rings is 1. The number of carboxylic acid groups (broad SMARTS) is 1. The number of hydrogen-bond acceptors (Lipinski definition) is 5. The molecule has 3 N–H and O–H groups in total. The first-order valence-electron chi connectivity index (χ1n) is 9.90. The van der Waals surface area contributed by atoms with Crippen LogP contribution in [0.15, 0.2) is 0 Å². The van der Waals surface area contributed by atoms with Gasteiger partial charge >= 0.3 is 12.0 Å². The fraction of sp³-hybridized carbons (Fsp3) is 0.889. The lowest BCUT2D eigenvalue weighted by molar-refractivity contribution is -0.139. The maximum Gasteiger partial charge on any atom is 0.332 e. The third kappa shape index (κ3) is 5.02. The molecule has 1 unspecified atom stereocenters. The Morgan fingerprint density at radius 2 is 1.89 bits per heavy atom. The lowest BCUT2D eigenvalue weighted by Gasteiger charge is -2.49. The highest BCUT2D eigenvalue weighted by molar-refractivity contribution is 8.00. The molecule has 3 rings (SSSR count). The third-order valence-corrected chi connectivity index (χ3v) is 7.53. The molecule has 0 aromatic heterocycles. The molecule has 9 heteroatoms. The van der Waals surface area contributed by atoms with Gasteiger partial charge in [0.05, 0.1) is 11.3 Å². The SMILES string of the molecule is CNC(=O)N1C(C2CCNCC2)SCN1C1(CCC(=O)O)CCCCC1.Cl. The van der Waals surface area contributed by atoms with Crippen molar-refractivity contribution in [3.05, 3.63) is 0 Å². The lowest BCUT2D eigenvalue weighted by Crippen LogP contribution is -2.61. The molecule has 2 saturated heterocycles. The van der Waals surface area contributed by atoms with E-state index < -0.39 is 5.97 Å². The molecule has 1 saturated carbocycles. The summed E-state index contributed by atoms with van der Waals surface area (Å²) >= 11 is 1.85. The summed E-state index contributed by atoms with van der Waals surface area (Å²) in [6.07, 6.45) is 8.34. The van der Waals surface area contributed by atoms with E-state index >= 15 is 0 Å². The molecule has 2 amide bonds. The van der Waals surface area contributed by atoms with E-state index in [2.05, 4.69) is 15.6 Å². The number of nitrogens with zero attached hydrogens (tertiary/aromatic N) is 2. The third-order valence-electron chi connectivity index (χ3n) is 6.21. The van der Waals surface area contributed by atoms with Crippen molar-refractivity contribution in [3.8, 4) is 0 Å². The summed E-state index contributed by atoms with van der Waals surface area (Å²) in [6, 6.07) is -0.0567. The molecule has 1 aliphatic carbocycles. The fourth-order valence-electron chi connectivity index (χ4n) is 4.77. The van der Waals surface area contributed by atoms with Crippen molar-refractivity contribution >= 4 is 36.2 Å². The van der Waals surface area contributed by atoms with Crippen LogP contribution in [0.2, 0.25) is 0 Å². The van der Waals surface area contributed by atoms with Gasteiger partial charge in [0.25, 0.3) is 0 Å². The Hall–Kier alpha value is -0.700. The van der Waals surface area contributed by atoms with Crippen LogP contribution in [0.1, 0.15) is 57.8 Å². The van der Waals surface area contributed by atoms with Crippen molar-refractivity contribution in [2.75, 3.05) is 26.0 Å². The first-order valence-corrected chi connectivity index (χ1v) is 10.9. The van der Waals surface area contributed by atoms with E-state index in [0.29, 0.717) is 12.3 Å². The number of hydrazine groups is 1. The van der Waals surface area contributed by atoms with Crippen LogP contribution in [0.3, 0.4) is 0 Å². The molecular weight excluding hydrogens is 388 g/mol. The van der Waals surface area contributed by atoms with Gasteiger partial charge < -0.3 is 15.7 Å². The molecule has 0 bridgehead atoms. The molecule has 27 heavy (non-hydrogen) atoms. The zero-order chi connectivity index (χ0) is 18.6. The summed E-state index contributed by atoms with van der Waals surface area (Å²) in [4.78, 5) is 24.1. The Morgan fingerprint density at radius 1 is 1.22 bits per heavy atom. The lowest BCUT2D eigenvalue weighted by atomic mass is 9.78. The van der Waals surface area contributed by atoms with Crippen molar-refractivity contribution in [2.45, 2.75) is 68.7 Å². The molecule has 3 aliphatic rings. The number of carboxylic acids is 1. The maximum atomic E-state index is 12.8. The average Bonchev–Trinajstić information content (AvgIpc) is 3.13. The molecule has 2 heterocycles. The van der Waals surface area contributed by atoms with Crippen molar-refractivity contribution in [3.63, 3.8) is 0 Å². The van der Waals surface area contributed by atoms with Crippen LogP contribution in [0.25, 0.3) is 0 Å². The highest BCUT2D eigenvalue weighted by atomic mass is 35.5. The number of carbonyl (C=O) groups is 2. The quantitative estimate of drug-likeness (QED) is 0.634. The van der Waals surface area contributed by atoms with Crippen LogP contribution in [0.4, 0.5) is 4.79 Å². The predicted octanol–water partition coefficient (Wildman–Crippen LogP) is 2.86.